The first kappa shape index (κ1) is 28.6. The molecule has 0 aliphatic carbocycles. The summed E-state index contributed by atoms with van der Waals surface area (Å²) in [5.41, 5.74) is -2.70. The van der Waals surface area contributed by atoms with Crippen LogP contribution in [0, 0.1) is 17.0 Å². The Morgan fingerprint density at radius 1 is 1.27 bits per heavy atom. The number of rotatable bonds is 10. The zero-order valence-corrected chi connectivity index (χ0v) is 21.2. The molecular weight excluding hydrogens is 517 g/mol. The predicted molar refractivity (Wildman–Crippen MR) is 126 cm³/mol. The smallest absolute Gasteiger partial charge is 0.327 e. The summed E-state index contributed by atoms with van der Waals surface area (Å²) in [5, 5.41) is 2.40. The molecule has 2 aromatic rings. The molecule has 202 valence electrons. The van der Waals surface area contributed by atoms with E-state index < -0.39 is 54.0 Å². The second-order valence-electron chi connectivity index (χ2n) is 8.74. The van der Waals surface area contributed by atoms with E-state index in [4.69, 9.17) is 24.0 Å². The van der Waals surface area contributed by atoms with Crippen LogP contribution in [0.3, 0.4) is 0 Å². The Morgan fingerprint density at radius 2 is 1.97 bits per heavy atom. The minimum Gasteiger partial charge on any atom is -0.491 e. The van der Waals surface area contributed by atoms with Gasteiger partial charge in [0.2, 0.25) is 5.43 Å². The number of nitrogens with zero attached hydrogens (tertiary/aromatic N) is 1. The van der Waals surface area contributed by atoms with Crippen LogP contribution < -0.4 is 15.5 Å². The highest BCUT2D eigenvalue weighted by Crippen LogP contribution is 2.38. The molecule has 2 atom stereocenters. The number of ether oxygens (including phenoxy) is 3. The van der Waals surface area contributed by atoms with E-state index in [0.29, 0.717) is 6.07 Å². The number of pyridine rings is 1. The predicted octanol–water partition coefficient (Wildman–Crippen LogP) is 1.48. The second-order valence-corrected chi connectivity index (χ2v) is 10.5. The number of carbonyl (C=O) groups excluding carboxylic acids is 2. The van der Waals surface area contributed by atoms with Crippen molar-refractivity contribution in [3.8, 4) is 5.75 Å². The summed E-state index contributed by atoms with van der Waals surface area (Å²) in [6, 6.07) is 2.86. The van der Waals surface area contributed by atoms with E-state index in [-0.39, 0.29) is 48.9 Å². The number of halogens is 2. The zero-order chi connectivity index (χ0) is 27.5. The summed E-state index contributed by atoms with van der Waals surface area (Å²) in [6.07, 6.45) is -0.150. The van der Waals surface area contributed by atoms with Crippen molar-refractivity contribution in [2.24, 2.45) is 5.41 Å². The first-order valence-corrected chi connectivity index (χ1v) is 12.9. The number of ketones is 1. The number of hydrogen-bond donors (Lipinski definition) is 3. The summed E-state index contributed by atoms with van der Waals surface area (Å²) in [7, 11) is -1.77. The molecule has 1 aliphatic heterocycles. The number of hydrogen-bond acceptors (Lipinski definition) is 7. The number of benzene rings is 1. The molecular formula is C23H27F2N2O9P. The van der Waals surface area contributed by atoms with Crippen molar-refractivity contribution in [2.45, 2.75) is 26.1 Å². The minimum atomic E-state index is -4.30. The fraction of sp³-hybridized carbons (Fsp3) is 0.435. The molecule has 3 N–H and O–H groups in total. The van der Waals surface area contributed by atoms with Gasteiger partial charge in [-0.3, -0.25) is 18.9 Å². The monoisotopic (exact) mass is 544 g/mol. The molecule has 1 aromatic carbocycles. The van der Waals surface area contributed by atoms with Crippen LogP contribution in [0.15, 0.2) is 29.2 Å². The first-order chi connectivity index (χ1) is 17.3. The lowest BCUT2D eigenvalue weighted by Crippen LogP contribution is -2.52. The van der Waals surface area contributed by atoms with Crippen LogP contribution in [0.1, 0.15) is 33.3 Å². The second kappa shape index (κ2) is 11.2. The molecule has 3 rings (SSSR count). The van der Waals surface area contributed by atoms with Crippen LogP contribution in [0.2, 0.25) is 0 Å². The molecule has 0 radical (unpaired) electrons. The topological polar surface area (TPSA) is 153 Å². The molecule has 37 heavy (non-hydrogen) atoms. The van der Waals surface area contributed by atoms with Crippen molar-refractivity contribution in [3.63, 3.8) is 0 Å². The van der Waals surface area contributed by atoms with Crippen molar-refractivity contribution in [3.05, 3.63) is 63.1 Å². The number of Topliss-reactive ketones (excluding diaryl/α,β-unsaturated/α-hetero) is 1. The Bertz CT molecular complexity index is 1310. The molecule has 14 heteroatoms. The van der Waals surface area contributed by atoms with Crippen LogP contribution in [0.4, 0.5) is 8.78 Å². The van der Waals surface area contributed by atoms with E-state index in [1.165, 1.54) is 24.8 Å². The molecule has 11 nitrogen and oxygen atoms in total. The van der Waals surface area contributed by atoms with Gasteiger partial charge in [0.15, 0.2) is 11.5 Å². The quantitative estimate of drug-likeness (QED) is 0.298. The molecule has 1 aromatic heterocycles. The molecule has 0 spiro atoms. The Morgan fingerprint density at radius 3 is 2.57 bits per heavy atom. The van der Waals surface area contributed by atoms with Gasteiger partial charge in [-0.25, -0.2) is 8.78 Å². The maximum atomic E-state index is 13.9. The van der Waals surface area contributed by atoms with Gasteiger partial charge >= 0.3 is 7.60 Å². The average Bonchev–Trinajstić information content (AvgIpc) is 2.83. The van der Waals surface area contributed by atoms with Crippen molar-refractivity contribution in [1.82, 2.24) is 9.88 Å². The van der Waals surface area contributed by atoms with Crippen molar-refractivity contribution in [2.75, 3.05) is 33.6 Å². The highest BCUT2D eigenvalue weighted by molar-refractivity contribution is 7.51. The first-order valence-electron chi connectivity index (χ1n) is 11.1. The third kappa shape index (κ3) is 6.13. The largest absolute Gasteiger partial charge is 0.491 e. The Labute approximate surface area is 210 Å². The van der Waals surface area contributed by atoms with Gasteiger partial charge in [0.25, 0.3) is 5.91 Å². The maximum Gasteiger partial charge on any atom is 0.327 e. The highest BCUT2D eigenvalue weighted by Gasteiger charge is 2.49. The highest BCUT2D eigenvalue weighted by atomic mass is 31.2. The SMILES string of the molecule is COc1c2n(cc(C(=O)NCc3ccc(F)cc3F)c1=O)CC(OC)C(C)(COCCP(=O)(O)O)C2=O. The molecule has 0 saturated carbocycles. The molecule has 2 unspecified atom stereocenters. The van der Waals surface area contributed by atoms with Gasteiger partial charge in [-0.2, -0.15) is 0 Å². The van der Waals surface area contributed by atoms with Crippen LogP contribution in [0.5, 0.6) is 5.75 Å². The normalized spacial score (nSPS) is 19.4. The molecule has 1 aliphatic rings. The zero-order valence-electron chi connectivity index (χ0n) is 20.3. The van der Waals surface area contributed by atoms with Gasteiger partial charge in [0.05, 0.1) is 44.5 Å². The van der Waals surface area contributed by atoms with Crippen LogP contribution in [0.25, 0.3) is 0 Å². The van der Waals surface area contributed by atoms with E-state index >= 15 is 0 Å². The lowest BCUT2D eigenvalue weighted by molar-refractivity contribution is -0.0515. The van der Waals surface area contributed by atoms with E-state index in [0.717, 1.165) is 19.2 Å². The molecule has 0 bridgehead atoms. The van der Waals surface area contributed by atoms with Crippen LogP contribution >= 0.6 is 7.60 Å². The number of amides is 1. The van der Waals surface area contributed by atoms with Gasteiger partial charge in [0, 0.05) is 31.5 Å². The lowest BCUT2D eigenvalue weighted by atomic mass is 9.76. The lowest BCUT2D eigenvalue weighted by Gasteiger charge is -2.40. The average molecular weight is 544 g/mol. The third-order valence-electron chi connectivity index (χ3n) is 6.16. The Kier molecular flexibility index (Phi) is 8.66. The number of carbonyl (C=O) groups is 2. The van der Waals surface area contributed by atoms with Crippen LogP contribution in [-0.4, -0.2) is 65.7 Å². The molecule has 0 fully saturated rings. The van der Waals surface area contributed by atoms with Gasteiger partial charge in [0.1, 0.15) is 22.9 Å². The van der Waals surface area contributed by atoms with Crippen LogP contribution in [-0.2, 0) is 27.1 Å². The Balaban J connectivity index is 1.90. The molecule has 2 heterocycles. The van der Waals surface area contributed by atoms with Gasteiger partial charge in [-0.05, 0) is 13.0 Å². The maximum absolute atomic E-state index is 13.9. The number of aromatic nitrogens is 1. The van der Waals surface area contributed by atoms with Crippen molar-refractivity contribution < 1.29 is 46.9 Å². The van der Waals surface area contributed by atoms with Gasteiger partial charge < -0.3 is 33.9 Å². The van der Waals surface area contributed by atoms with Crippen molar-refractivity contribution in [1.29, 1.82) is 0 Å². The van der Waals surface area contributed by atoms with E-state index in [1.54, 1.807) is 0 Å². The van der Waals surface area contributed by atoms with E-state index in [2.05, 4.69) is 5.32 Å². The summed E-state index contributed by atoms with van der Waals surface area (Å²) in [6.45, 7) is 0.665. The van der Waals surface area contributed by atoms with Gasteiger partial charge in [-0.1, -0.05) is 6.07 Å². The van der Waals surface area contributed by atoms with E-state index in [9.17, 15) is 27.7 Å². The fourth-order valence-electron chi connectivity index (χ4n) is 4.06. The Hall–Kier alpha value is -2.96. The van der Waals surface area contributed by atoms with Crippen molar-refractivity contribution >= 4 is 19.3 Å². The molecule has 0 saturated heterocycles. The summed E-state index contributed by atoms with van der Waals surface area (Å²) < 4.78 is 55.6. The number of fused-ring (bicyclic) bond motifs is 1. The summed E-state index contributed by atoms with van der Waals surface area (Å²) in [5.74, 6) is -3.48. The van der Waals surface area contributed by atoms with Gasteiger partial charge in [-0.15, -0.1) is 0 Å². The number of methoxy groups -OCH3 is 2. The molecule has 1 amide bonds. The minimum absolute atomic E-state index is 0.00363. The van der Waals surface area contributed by atoms with E-state index in [1.807, 2.05) is 0 Å². The third-order valence-corrected chi connectivity index (χ3v) is 6.93. The summed E-state index contributed by atoms with van der Waals surface area (Å²) >= 11 is 0. The summed E-state index contributed by atoms with van der Waals surface area (Å²) in [4.78, 5) is 57.5. The number of nitrogens with one attached hydrogen (secondary N) is 1. The standard InChI is InChI=1S/C23H27F2N2O9P/c1-23(12-36-6-7-37(31,32)33)17(34-2)11-27-10-15(19(28)20(35-3)18(27)21(23)29)22(30)26-9-13-4-5-14(24)8-16(13)25/h4-5,8,10,17H,6-7,9,11-12H2,1-3H3,(H,26,30)(H2,31,32,33). The fourth-order valence-corrected chi connectivity index (χ4v) is 4.43.